The van der Waals surface area contributed by atoms with E-state index in [1.54, 1.807) is 0 Å². The fraction of sp³-hybridized carbons (Fsp3) is 0.684. The number of likely N-dealkylation sites (N-methyl/N-ethyl adjacent to an activating group) is 1. The highest BCUT2D eigenvalue weighted by Crippen LogP contribution is 2.10. The molecule has 1 saturated heterocycles. The first-order valence-electron chi connectivity index (χ1n) is 8.90. The van der Waals surface area contributed by atoms with Crippen LogP contribution in [0.1, 0.15) is 37.8 Å². The molecule has 1 aromatic carbocycles. The van der Waals surface area contributed by atoms with Gasteiger partial charge < -0.3 is 10.2 Å². The van der Waals surface area contributed by atoms with Crippen LogP contribution < -0.4 is 5.32 Å². The SMILES string of the molecule is CCC(CC)CNCc1ccc(CN2CCN(C)CC2)cc1. The second-order valence-corrected chi connectivity index (χ2v) is 6.71. The Morgan fingerprint density at radius 2 is 1.55 bits per heavy atom. The predicted molar refractivity (Wildman–Crippen MR) is 95.0 cm³/mol. The van der Waals surface area contributed by atoms with Crippen LogP contribution in [0.3, 0.4) is 0 Å². The molecule has 0 amide bonds. The smallest absolute Gasteiger partial charge is 0.0234 e. The normalized spacial score (nSPS) is 17.3. The molecule has 1 aliphatic heterocycles. The maximum Gasteiger partial charge on any atom is 0.0234 e. The number of nitrogens with zero attached hydrogens (tertiary/aromatic N) is 2. The summed E-state index contributed by atoms with van der Waals surface area (Å²) in [5.74, 6) is 0.816. The van der Waals surface area contributed by atoms with Crippen LogP contribution in [0.5, 0.6) is 0 Å². The topological polar surface area (TPSA) is 18.5 Å². The van der Waals surface area contributed by atoms with Crippen LogP contribution in [-0.2, 0) is 13.1 Å². The molecular weight excluding hydrogens is 270 g/mol. The molecule has 2 rings (SSSR count). The molecule has 0 atom stereocenters. The van der Waals surface area contributed by atoms with E-state index in [1.165, 1.54) is 50.1 Å². The Bertz CT molecular complexity index is 403. The third-order valence-electron chi connectivity index (χ3n) is 4.94. The van der Waals surface area contributed by atoms with Gasteiger partial charge in [-0.05, 0) is 30.6 Å². The predicted octanol–water partition coefficient (Wildman–Crippen LogP) is 2.96. The van der Waals surface area contributed by atoms with Crippen LogP contribution in [-0.4, -0.2) is 49.6 Å². The van der Waals surface area contributed by atoms with Gasteiger partial charge in [-0.25, -0.2) is 0 Å². The molecule has 0 bridgehead atoms. The molecule has 0 unspecified atom stereocenters. The number of rotatable bonds is 8. The van der Waals surface area contributed by atoms with E-state index in [2.05, 4.69) is 60.3 Å². The molecule has 1 fully saturated rings. The number of piperazine rings is 1. The molecule has 3 nitrogen and oxygen atoms in total. The molecule has 0 saturated carbocycles. The van der Waals surface area contributed by atoms with Crippen molar-refractivity contribution in [3.8, 4) is 0 Å². The van der Waals surface area contributed by atoms with Crippen LogP contribution in [0, 0.1) is 5.92 Å². The summed E-state index contributed by atoms with van der Waals surface area (Å²) in [5.41, 5.74) is 2.83. The Labute approximate surface area is 136 Å². The van der Waals surface area contributed by atoms with Crippen molar-refractivity contribution in [1.82, 2.24) is 15.1 Å². The van der Waals surface area contributed by atoms with Crippen molar-refractivity contribution in [3.63, 3.8) is 0 Å². The molecule has 3 heteroatoms. The van der Waals surface area contributed by atoms with Gasteiger partial charge in [0, 0.05) is 39.3 Å². The standard InChI is InChI=1S/C19H33N3/c1-4-17(5-2)14-20-15-18-6-8-19(9-7-18)16-22-12-10-21(3)11-13-22/h6-9,17,20H,4-5,10-16H2,1-3H3. The lowest BCUT2D eigenvalue weighted by atomic mass is 10.0. The van der Waals surface area contributed by atoms with Gasteiger partial charge in [0.05, 0.1) is 0 Å². The quantitative estimate of drug-likeness (QED) is 0.796. The largest absolute Gasteiger partial charge is 0.312 e. The minimum Gasteiger partial charge on any atom is -0.312 e. The fourth-order valence-electron chi connectivity index (χ4n) is 3.02. The lowest BCUT2D eigenvalue weighted by molar-refractivity contribution is 0.148. The minimum absolute atomic E-state index is 0.816. The van der Waals surface area contributed by atoms with Crippen molar-refractivity contribution in [3.05, 3.63) is 35.4 Å². The Morgan fingerprint density at radius 1 is 0.955 bits per heavy atom. The van der Waals surface area contributed by atoms with Gasteiger partial charge >= 0.3 is 0 Å². The molecule has 22 heavy (non-hydrogen) atoms. The summed E-state index contributed by atoms with van der Waals surface area (Å²) in [6.07, 6.45) is 2.54. The van der Waals surface area contributed by atoms with Gasteiger partial charge in [-0.1, -0.05) is 51.0 Å². The molecule has 124 valence electrons. The average molecular weight is 303 g/mol. The van der Waals surface area contributed by atoms with Crippen molar-refractivity contribution < 1.29 is 0 Å². The molecule has 1 aromatic rings. The van der Waals surface area contributed by atoms with E-state index in [-0.39, 0.29) is 0 Å². The fourth-order valence-corrected chi connectivity index (χ4v) is 3.02. The summed E-state index contributed by atoms with van der Waals surface area (Å²) in [4.78, 5) is 4.96. The summed E-state index contributed by atoms with van der Waals surface area (Å²) in [6.45, 7) is 12.5. The van der Waals surface area contributed by atoms with Gasteiger partial charge in [-0.3, -0.25) is 4.90 Å². The summed E-state index contributed by atoms with van der Waals surface area (Å²) in [6, 6.07) is 9.16. The zero-order valence-electron chi connectivity index (χ0n) is 14.6. The van der Waals surface area contributed by atoms with Crippen molar-refractivity contribution in [2.24, 2.45) is 5.92 Å². The zero-order chi connectivity index (χ0) is 15.8. The van der Waals surface area contributed by atoms with Gasteiger partial charge in [0.2, 0.25) is 0 Å². The highest BCUT2D eigenvalue weighted by molar-refractivity contribution is 5.22. The van der Waals surface area contributed by atoms with Crippen LogP contribution in [0.15, 0.2) is 24.3 Å². The molecule has 0 radical (unpaired) electrons. The molecule has 1 heterocycles. The maximum atomic E-state index is 3.59. The highest BCUT2D eigenvalue weighted by atomic mass is 15.2. The van der Waals surface area contributed by atoms with E-state index in [1.807, 2.05) is 0 Å². The number of hydrogen-bond acceptors (Lipinski definition) is 3. The van der Waals surface area contributed by atoms with Crippen LogP contribution in [0.2, 0.25) is 0 Å². The molecule has 1 N–H and O–H groups in total. The Morgan fingerprint density at radius 3 is 2.14 bits per heavy atom. The van der Waals surface area contributed by atoms with Gasteiger partial charge in [-0.2, -0.15) is 0 Å². The molecule has 0 spiro atoms. The van der Waals surface area contributed by atoms with Crippen LogP contribution in [0.4, 0.5) is 0 Å². The highest BCUT2D eigenvalue weighted by Gasteiger charge is 2.13. The van der Waals surface area contributed by atoms with E-state index in [0.717, 1.165) is 25.6 Å². The first-order chi connectivity index (χ1) is 10.7. The molecular formula is C19H33N3. The first-order valence-corrected chi connectivity index (χ1v) is 8.90. The number of nitrogens with one attached hydrogen (secondary N) is 1. The summed E-state index contributed by atoms with van der Waals surface area (Å²) in [7, 11) is 2.21. The van der Waals surface area contributed by atoms with E-state index >= 15 is 0 Å². The molecule has 1 aliphatic rings. The van der Waals surface area contributed by atoms with Crippen LogP contribution >= 0.6 is 0 Å². The van der Waals surface area contributed by atoms with Crippen molar-refractivity contribution in [1.29, 1.82) is 0 Å². The third-order valence-corrected chi connectivity index (χ3v) is 4.94. The van der Waals surface area contributed by atoms with Gasteiger partial charge in [0.15, 0.2) is 0 Å². The van der Waals surface area contributed by atoms with E-state index < -0.39 is 0 Å². The average Bonchev–Trinajstić information content (AvgIpc) is 2.55. The first kappa shape index (κ1) is 17.5. The Balaban J connectivity index is 1.73. The monoisotopic (exact) mass is 303 g/mol. The van der Waals surface area contributed by atoms with Gasteiger partial charge in [0.1, 0.15) is 0 Å². The number of hydrogen-bond donors (Lipinski definition) is 1. The van der Waals surface area contributed by atoms with Crippen molar-refractivity contribution in [2.75, 3.05) is 39.8 Å². The zero-order valence-corrected chi connectivity index (χ0v) is 14.6. The molecule has 0 aliphatic carbocycles. The Kier molecular flexibility index (Phi) is 7.37. The minimum atomic E-state index is 0.816. The summed E-state index contributed by atoms with van der Waals surface area (Å²) >= 11 is 0. The van der Waals surface area contributed by atoms with E-state index in [9.17, 15) is 0 Å². The van der Waals surface area contributed by atoms with Gasteiger partial charge in [-0.15, -0.1) is 0 Å². The Hall–Kier alpha value is -0.900. The van der Waals surface area contributed by atoms with Crippen molar-refractivity contribution >= 4 is 0 Å². The third kappa shape index (κ3) is 5.71. The van der Waals surface area contributed by atoms with Gasteiger partial charge in [0.25, 0.3) is 0 Å². The summed E-state index contributed by atoms with van der Waals surface area (Å²) < 4.78 is 0. The second-order valence-electron chi connectivity index (χ2n) is 6.71. The summed E-state index contributed by atoms with van der Waals surface area (Å²) in [5, 5.41) is 3.59. The van der Waals surface area contributed by atoms with E-state index in [0.29, 0.717) is 0 Å². The van der Waals surface area contributed by atoms with Crippen molar-refractivity contribution in [2.45, 2.75) is 39.8 Å². The van der Waals surface area contributed by atoms with Crippen LogP contribution in [0.25, 0.3) is 0 Å². The lowest BCUT2D eigenvalue weighted by Crippen LogP contribution is -2.43. The maximum absolute atomic E-state index is 3.59. The number of benzene rings is 1. The second kappa shape index (κ2) is 9.29. The van der Waals surface area contributed by atoms with E-state index in [4.69, 9.17) is 0 Å². The lowest BCUT2D eigenvalue weighted by Gasteiger charge is -2.32. The molecule has 0 aromatic heterocycles.